The van der Waals surface area contributed by atoms with Gasteiger partial charge in [-0.2, -0.15) is 13.2 Å². The lowest BCUT2D eigenvalue weighted by Crippen LogP contribution is -2.33. The summed E-state index contributed by atoms with van der Waals surface area (Å²) in [6, 6.07) is 14.1. The minimum Gasteiger partial charge on any atom is -0.447 e. The third-order valence-corrected chi connectivity index (χ3v) is 7.50. The minimum absolute atomic E-state index is 0.0185. The molecule has 1 unspecified atom stereocenters. The van der Waals surface area contributed by atoms with Gasteiger partial charge in [0, 0.05) is 11.6 Å². The van der Waals surface area contributed by atoms with E-state index in [4.69, 9.17) is 4.42 Å². The van der Waals surface area contributed by atoms with Gasteiger partial charge in [0.15, 0.2) is 16.7 Å². The summed E-state index contributed by atoms with van der Waals surface area (Å²) in [6.07, 6.45) is -1.37. The Balaban J connectivity index is 1.46. The number of amides is 1. The highest BCUT2D eigenvalue weighted by molar-refractivity contribution is 7.98. The van der Waals surface area contributed by atoms with Gasteiger partial charge in [0.2, 0.25) is 5.89 Å². The largest absolute Gasteiger partial charge is 0.447 e. The predicted molar refractivity (Wildman–Crippen MR) is 152 cm³/mol. The monoisotopic (exact) mass is 586 g/mol. The van der Waals surface area contributed by atoms with E-state index >= 15 is 0 Å². The van der Waals surface area contributed by atoms with Crippen molar-refractivity contribution in [3.63, 3.8) is 0 Å². The van der Waals surface area contributed by atoms with Crippen molar-refractivity contribution in [2.24, 2.45) is 0 Å². The van der Waals surface area contributed by atoms with Gasteiger partial charge >= 0.3 is 6.18 Å². The molecule has 1 N–H and O–H groups in total. The minimum atomic E-state index is -4.50. The number of carbonyl (C=O) groups excluding carboxylic acids is 1. The van der Waals surface area contributed by atoms with Crippen molar-refractivity contribution < 1.29 is 22.4 Å². The lowest BCUT2D eigenvalue weighted by atomic mass is 10.1. The zero-order valence-corrected chi connectivity index (χ0v) is 24.0. The van der Waals surface area contributed by atoms with E-state index in [1.54, 1.807) is 10.6 Å². The number of thioether (sulfide) groups is 1. The van der Waals surface area contributed by atoms with Gasteiger partial charge < -0.3 is 14.6 Å². The van der Waals surface area contributed by atoms with Gasteiger partial charge in [-0.05, 0) is 57.6 Å². The first-order valence-corrected chi connectivity index (χ1v) is 14.5. The third kappa shape index (κ3) is 7.98. The maximum atomic E-state index is 13.5. The van der Waals surface area contributed by atoms with Crippen molar-refractivity contribution in [3.8, 4) is 17.1 Å². The molecule has 0 radical (unpaired) electrons. The van der Waals surface area contributed by atoms with Crippen LogP contribution >= 0.6 is 11.8 Å². The standard InChI is InChI=1S/C29H33F3N6O2S/c1-4-37(5-2)16-10-11-20(3)33-27(39)24-18-40-25(34-24)19-41-28-36-35-26(21-12-7-6-8-13-21)38(28)23-15-9-14-22(17-23)29(30,31)32/h6-9,12-15,17-18,20H,4-5,10-11,16,19H2,1-3H3,(H,33,39). The van der Waals surface area contributed by atoms with Crippen molar-refractivity contribution in [3.05, 3.63) is 78.0 Å². The topological polar surface area (TPSA) is 89.1 Å². The number of hydrogen-bond acceptors (Lipinski definition) is 7. The Bertz CT molecular complexity index is 1420. The molecule has 4 aromatic rings. The summed E-state index contributed by atoms with van der Waals surface area (Å²) in [5.74, 6) is 0.557. The molecule has 0 aliphatic heterocycles. The van der Waals surface area contributed by atoms with Crippen LogP contribution in [0.5, 0.6) is 0 Å². The number of aromatic nitrogens is 4. The Labute approximate surface area is 241 Å². The van der Waals surface area contributed by atoms with Crippen LogP contribution in [-0.2, 0) is 11.9 Å². The van der Waals surface area contributed by atoms with E-state index in [0.717, 1.165) is 44.6 Å². The molecule has 0 spiro atoms. The van der Waals surface area contributed by atoms with Gasteiger partial charge in [-0.1, -0.05) is 62.0 Å². The number of benzene rings is 2. The number of rotatable bonds is 13. The van der Waals surface area contributed by atoms with Gasteiger partial charge in [-0.25, -0.2) is 4.98 Å². The van der Waals surface area contributed by atoms with E-state index in [0.29, 0.717) is 16.5 Å². The van der Waals surface area contributed by atoms with Crippen LogP contribution in [0.25, 0.3) is 17.1 Å². The van der Waals surface area contributed by atoms with E-state index < -0.39 is 11.7 Å². The van der Waals surface area contributed by atoms with Crippen LogP contribution in [0, 0.1) is 0 Å². The average Bonchev–Trinajstić information content (AvgIpc) is 3.62. The molecular weight excluding hydrogens is 553 g/mol. The van der Waals surface area contributed by atoms with E-state index in [1.165, 1.54) is 24.1 Å². The summed E-state index contributed by atoms with van der Waals surface area (Å²) in [6.45, 7) is 9.21. The molecule has 4 rings (SSSR count). The highest BCUT2D eigenvalue weighted by Gasteiger charge is 2.31. The summed E-state index contributed by atoms with van der Waals surface area (Å²) >= 11 is 1.20. The molecule has 12 heteroatoms. The van der Waals surface area contributed by atoms with Gasteiger partial charge in [0.1, 0.15) is 6.26 Å². The fourth-order valence-corrected chi connectivity index (χ4v) is 5.13. The quantitative estimate of drug-likeness (QED) is 0.180. The Morgan fingerprint density at radius 3 is 2.56 bits per heavy atom. The van der Waals surface area contributed by atoms with Gasteiger partial charge in [-0.15, -0.1) is 10.2 Å². The van der Waals surface area contributed by atoms with Crippen LogP contribution in [0.2, 0.25) is 0 Å². The number of hydrogen-bond donors (Lipinski definition) is 1. The Hall–Kier alpha value is -3.64. The number of alkyl halides is 3. The fraction of sp³-hybridized carbons (Fsp3) is 0.379. The van der Waals surface area contributed by atoms with Crippen LogP contribution < -0.4 is 5.32 Å². The van der Waals surface area contributed by atoms with Crippen molar-refractivity contribution in [2.45, 2.75) is 56.7 Å². The van der Waals surface area contributed by atoms with Gasteiger partial charge in [-0.3, -0.25) is 9.36 Å². The summed E-state index contributed by atoms with van der Waals surface area (Å²) in [4.78, 5) is 19.3. The molecule has 2 heterocycles. The Morgan fingerprint density at radius 2 is 1.85 bits per heavy atom. The van der Waals surface area contributed by atoms with Crippen LogP contribution in [0.3, 0.4) is 0 Å². The predicted octanol–water partition coefficient (Wildman–Crippen LogP) is 6.47. The summed E-state index contributed by atoms with van der Waals surface area (Å²) < 4.78 is 47.5. The molecule has 1 amide bonds. The first-order valence-electron chi connectivity index (χ1n) is 13.5. The highest BCUT2D eigenvalue weighted by Crippen LogP contribution is 2.34. The number of nitrogens with zero attached hydrogens (tertiary/aromatic N) is 5. The number of nitrogens with one attached hydrogen (secondary N) is 1. The molecule has 0 aliphatic rings. The van der Waals surface area contributed by atoms with Crippen LogP contribution in [0.15, 0.2) is 70.4 Å². The van der Waals surface area contributed by atoms with Crippen molar-refractivity contribution in [1.29, 1.82) is 0 Å². The van der Waals surface area contributed by atoms with Crippen molar-refractivity contribution >= 4 is 17.7 Å². The molecule has 218 valence electrons. The first kappa shape index (κ1) is 30.3. The molecule has 0 aliphatic carbocycles. The Kier molecular flexibility index (Phi) is 10.2. The second kappa shape index (κ2) is 13.8. The second-order valence-electron chi connectivity index (χ2n) is 9.51. The van der Waals surface area contributed by atoms with E-state index in [2.05, 4.69) is 39.2 Å². The molecule has 2 aromatic heterocycles. The molecule has 41 heavy (non-hydrogen) atoms. The molecule has 0 fully saturated rings. The third-order valence-electron chi connectivity index (χ3n) is 6.59. The molecule has 8 nitrogen and oxygen atoms in total. The van der Waals surface area contributed by atoms with Crippen LogP contribution in [-0.4, -0.2) is 56.2 Å². The van der Waals surface area contributed by atoms with Crippen LogP contribution in [0.1, 0.15) is 55.6 Å². The van der Waals surface area contributed by atoms with Crippen molar-refractivity contribution in [1.82, 2.24) is 30.0 Å². The number of halogens is 3. The van der Waals surface area contributed by atoms with Gasteiger partial charge in [0.05, 0.1) is 17.0 Å². The maximum absolute atomic E-state index is 13.5. The van der Waals surface area contributed by atoms with Gasteiger partial charge in [0.25, 0.3) is 5.91 Å². The zero-order valence-electron chi connectivity index (χ0n) is 23.2. The first-order chi connectivity index (χ1) is 19.7. The molecule has 1 atom stereocenters. The van der Waals surface area contributed by atoms with Crippen molar-refractivity contribution in [2.75, 3.05) is 19.6 Å². The smallest absolute Gasteiger partial charge is 0.416 e. The SMILES string of the molecule is CCN(CC)CCCC(C)NC(=O)c1coc(CSc2nnc(-c3ccccc3)n2-c2cccc(C(F)(F)F)c2)n1. The summed E-state index contributed by atoms with van der Waals surface area (Å²) in [7, 11) is 0. The highest BCUT2D eigenvalue weighted by atomic mass is 32.2. The second-order valence-corrected chi connectivity index (χ2v) is 10.5. The molecule has 0 bridgehead atoms. The lowest BCUT2D eigenvalue weighted by molar-refractivity contribution is -0.137. The molecule has 2 aromatic carbocycles. The number of oxazole rings is 1. The van der Waals surface area contributed by atoms with E-state index in [1.807, 2.05) is 37.3 Å². The molecular formula is C29H33F3N6O2S. The summed E-state index contributed by atoms with van der Waals surface area (Å²) in [5.41, 5.74) is 0.365. The Morgan fingerprint density at radius 1 is 1.10 bits per heavy atom. The van der Waals surface area contributed by atoms with E-state index in [9.17, 15) is 18.0 Å². The summed E-state index contributed by atoms with van der Waals surface area (Å²) in [5, 5.41) is 11.8. The fourth-order valence-electron chi connectivity index (χ4n) is 4.33. The van der Waals surface area contributed by atoms with Crippen LogP contribution in [0.4, 0.5) is 13.2 Å². The maximum Gasteiger partial charge on any atom is 0.416 e. The number of carbonyl (C=O) groups is 1. The molecule has 0 saturated carbocycles. The normalized spacial score (nSPS) is 12.6. The van der Waals surface area contributed by atoms with E-state index in [-0.39, 0.29) is 35.0 Å². The lowest BCUT2D eigenvalue weighted by Gasteiger charge is -2.19. The average molecular weight is 587 g/mol. The molecule has 0 saturated heterocycles. The zero-order chi connectivity index (χ0) is 29.4.